The van der Waals surface area contributed by atoms with Crippen LogP contribution in [-0.2, 0) is 4.79 Å². The Hall–Kier alpha value is -1.63. The molecule has 2 aliphatic rings. The number of aliphatic carboxylic acids is 1. The fraction of sp³-hybridized carbons (Fsp3) is 0.611. The van der Waals surface area contributed by atoms with Crippen molar-refractivity contribution in [2.45, 2.75) is 50.7 Å². The molecule has 0 aromatic heterocycles. The number of aliphatic hydroxyl groups excluding tert-OH is 1. The van der Waals surface area contributed by atoms with Crippen molar-refractivity contribution in [1.82, 2.24) is 10.2 Å². The molecule has 6 heteroatoms. The van der Waals surface area contributed by atoms with Gasteiger partial charge in [0, 0.05) is 18.4 Å². The van der Waals surface area contributed by atoms with Crippen LogP contribution in [0, 0.1) is 0 Å². The van der Waals surface area contributed by atoms with Gasteiger partial charge in [0.2, 0.25) is 0 Å². The molecule has 2 heterocycles. The number of aliphatic hydroxyl groups is 1. The normalized spacial score (nSPS) is 22.8. The molecule has 0 radical (unpaired) electrons. The highest BCUT2D eigenvalue weighted by molar-refractivity contribution is 5.74. The zero-order chi connectivity index (χ0) is 17.4. The van der Waals surface area contributed by atoms with Gasteiger partial charge in [-0.05, 0) is 37.6 Å². The van der Waals surface area contributed by atoms with Crippen LogP contribution in [0.4, 0.5) is 0 Å². The number of rotatable bonds is 5. The minimum absolute atomic E-state index is 0.403. The van der Waals surface area contributed by atoms with E-state index >= 15 is 0 Å². The van der Waals surface area contributed by atoms with Crippen LogP contribution in [0.3, 0.4) is 0 Å². The van der Waals surface area contributed by atoms with Gasteiger partial charge in [-0.3, -0.25) is 9.69 Å². The van der Waals surface area contributed by atoms with E-state index in [2.05, 4.69) is 10.2 Å². The van der Waals surface area contributed by atoms with Crippen LogP contribution in [0.1, 0.15) is 38.5 Å². The first kappa shape index (κ1) is 18.7. The van der Waals surface area contributed by atoms with E-state index in [1.807, 2.05) is 18.4 Å². The first-order valence-electron chi connectivity index (χ1n) is 8.80. The first-order valence-corrected chi connectivity index (χ1v) is 8.80. The molecule has 0 aliphatic carbocycles. The predicted octanol–water partition coefficient (Wildman–Crippen LogP) is 1.34. The van der Waals surface area contributed by atoms with Crippen LogP contribution in [0.2, 0.25) is 0 Å². The summed E-state index contributed by atoms with van der Waals surface area (Å²) in [7, 11) is 0. The van der Waals surface area contributed by atoms with Gasteiger partial charge in [-0.25, -0.2) is 0 Å². The van der Waals surface area contributed by atoms with E-state index in [1.165, 1.54) is 38.5 Å². The van der Waals surface area contributed by atoms with Crippen LogP contribution >= 0.6 is 0 Å². The third-order valence-corrected chi connectivity index (χ3v) is 4.56. The van der Waals surface area contributed by atoms with E-state index < -0.39 is 18.1 Å². The molecule has 134 valence electrons. The van der Waals surface area contributed by atoms with Gasteiger partial charge in [0.15, 0.2) is 0 Å². The Balaban J connectivity index is 1.92. The molecule has 0 aromatic carbocycles. The quantitative estimate of drug-likeness (QED) is 0.605. The highest BCUT2D eigenvalue weighted by atomic mass is 16.4. The lowest BCUT2D eigenvalue weighted by atomic mass is 10.1. The molecular weight excluding hydrogens is 306 g/mol. The first-order chi connectivity index (χ1) is 11.6. The number of nitrogens with zero attached hydrogens (tertiary/aromatic N) is 1. The van der Waals surface area contributed by atoms with Crippen molar-refractivity contribution in [3.8, 4) is 0 Å². The maximum Gasteiger partial charge on any atom is 0.323 e. The van der Waals surface area contributed by atoms with E-state index in [9.17, 15) is 9.90 Å². The second kappa shape index (κ2) is 9.61. The molecule has 0 amide bonds. The number of carboxylic acids is 1. The van der Waals surface area contributed by atoms with Gasteiger partial charge in [0.05, 0.1) is 0 Å². The molecule has 0 aromatic rings. The summed E-state index contributed by atoms with van der Waals surface area (Å²) >= 11 is 0. The smallest absolute Gasteiger partial charge is 0.323 e. The summed E-state index contributed by atoms with van der Waals surface area (Å²) in [5.41, 5.74) is 7.00. The molecule has 6 nitrogen and oxygen atoms in total. The molecule has 24 heavy (non-hydrogen) atoms. The minimum Gasteiger partial charge on any atom is -0.480 e. The Bertz CT molecular complexity index is 504. The summed E-state index contributed by atoms with van der Waals surface area (Å²) in [5, 5.41) is 22.0. The molecular formula is C18H29N3O3. The number of carbonyl (C=O) groups is 1. The largest absolute Gasteiger partial charge is 0.480 e. The second-order valence-corrected chi connectivity index (χ2v) is 6.55. The lowest BCUT2D eigenvalue weighted by Crippen LogP contribution is -2.44. The fourth-order valence-electron chi connectivity index (χ4n) is 3.06. The molecule has 1 fully saturated rings. The van der Waals surface area contributed by atoms with Gasteiger partial charge in [-0.2, -0.15) is 0 Å². The van der Waals surface area contributed by atoms with Crippen LogP contribution in [0.25, 0.3) is 0 Å². The van der Waals surface area contributed by atoms with Gasteiger partial charge < -0.3 is 21.3 Å². The minimum atomic E-state index is -1.34. The molecule has 0 saturated carbocycles. The average Bonchev–Trinajstić information content (AvgIpc) is 2.71. The number of nitrogens with two attached hydrogens (primary N) is 1. The Morgan fingerprint density at radius 3 is 2.46 bits per heavy atom. The Morgan fingerprint density at radius 1 is 1.21 bits per heavy atom. The summed E-state index contributed by atoms with van der Waals surface area (Å²) in [5.74, 6) is -1.22. The number of carboxylic acid groups (broad SMARTS) is 1. The van der Waals surface area contributed by atoms with Crippen LogP contribution in [0.5, 0.6) is 0 Å². The summed E-state index contributed by atoms with van der Waals surface area (Å²) in [6.45, 7) is 3.07. The lowest BCUT2D eigenvalue weighted by Gasteiger charge is -2.22. The van der Waals surface area contributed by atoms with Gasteiger partial charge in [-0.15, -0.1) is 0 Å². The van der Waals surface area contributed by atoms with Crippen LogP contribution < -0.4 is 11.1 Å². The maximum atomic E-state index is 10.9. The van der Waals surface area contributed by atoms with Crippen LogP contribution in [-0.4, -0.2) is 52.9 Å². The van der Waals surface area contributed by atoms with Crippen molar-refractivity contribution in [2.24, 2.45) is 5.73 Å². The fourth-order valence-corrected chi connectivity index (χ4v) is 3.06. The van der Waals surface area contributed by atoms with Gasteiger partial charge >= 0.3 is 5.97 Å². The number of hydrogen-bond acceptors (Lipinski definition) is 5. The number of hydrogen-bond donors (Lipinski definition) is 4. The van der Waals surface area contributed by atoms with Gasteiger partial charge in [0.25, 0.3) is 0 Å². The summed E-state index contributed by atoms with van der Waals surface area (Å²) in [6.07, 6.45) is 13.8. The molecule has 2 rings (SSSR count). The standard InChI is InChI=1S/C18H29N3O3/c19-16(18(23)24)17(22)15-9-7-8-14(12-20-15)13-21-10-5-3-1-2-4-6-11-21/h7-9,12,16-17,20,22H,1-6,10-11,13,19H2,(H,23,24). The molecule has 5 N–H and O–H groups in total. The monoisotopic (exact) mass is 335 g/mol. The Morgan fingerprint density at radius 2 is 1.83 bits per heavy atom. The van der Waals surface area contributed by atoms with Crippen molar-refractivity contribution in [3.63, 3.8) is 0 Å². The molecule has 2 atom stereocenters. The van der Waals surface area contributed by atoms with Crippen molar-refractivity contribution < 1.29 is 15.0 Å². The third kappa shape index (κ3) is 5.78. The average molecular weight is 335 g/mol. The Kier molecular flexibility index (Phi) is 7.49. The SMILES string of the molecule is NC(C(=O)O)C(O)C1=CC=CC(CN2CCCCCCCC2)=CN1. The highest BCUT2D eigenvalue weighted by Crippen LogP contribution is 2.14. The topological polar surface area (TPSA) is 98.8 Å². The van der Waals surface area contributed by atoms with Gasteiger partial charge in [0.1, 0.15) is 12.1 Å². The van der Waals surface area contributed by atoms with Gasteiger partial charge in [-0.1, -0.05) is 37.8 Å². The van der Waals surface area contributed by atoms with Crippen molar-refractivity contribution >= 4 is 5.97 Å². The van der Waals surface area contributed by atoms with E-state index in [0.29, 0.717) is 5.70 Å². The lowest BCUT2D eigenvalue weighted by molar-refractivity contribution is -0.140. The van der Waals surface area contributed by atoms with E-state index in [1.54, 1.807) is 6.08 Å². The summed E-state index contributed by atoms with van der Waals surface area (Å²) in [6, 6.07) is -1.34. The summed E-state index contributed by atoms with van der Waals surface area (Å²) in [4.78, 5) is 13.4. The van der Waals surface area contributed by atoms with Crippen molar-refractivity contribution in [2.75, 3.05) is 19.6 Å². The number of allylic oxidation sites excluding steroid dienone is 2. The predicted molar refractivity (Wildman–Crippen MR) is 94.2 cm³/mol. The van der Waals surface area contributed by atoms with Crippen molar-refractivity contribution in [1.29, 1.82) is 0 Å². The van der Waals surface area contributed by atoms with E-state index in [-0.39, 0.29) is 0 Å². The molecule has 2 unspecified atom stereocenters. The maximum absolute atomic E-state index is 10.9. The van der Waals surface area contributed by atoms with E-state index in [4.69, 9.17) is 10.8 Å². The van der Waals surface area contributed by atoms with Crippen LogP contribution in [0.15, 0.2) is 35.7 Å². The molecule has 1 saturated heterocycles. The van der Waals surface area contributed by atoms with E-state index in [0.717, 1.165) is 25.2 Å². The zero-order valence-corrected chi connectivity index (χ0v) is 14.2. The number of nitrogens with one attached hydrogen (secondary N) is 1. The highest BCUT2D eigenvalue weighted by Gasteiger charge is 2.25. The third-order valence-electron chi connectivity index (χ3n) is 4.56. The molecule has 0 spiro atoms. The zero-order valence-electron chi connectivity index (χ0n) is 14.2. The Labute approximate surface area is 143 Å². The second-order valence-electron chi connectivity index (χ2n) is 6.55. The summed E-state index contributed by atoms with van der Waals surface area (Å²) < 4.78 is 0. The molecule has 0 bridgehead atoms. The molecule has 2 aliphatic heterocycles. The van der Waals surface area contributed by atoms with Crippen molar-refractivity contribution in [3.05, 3.63) is 35.7 Å².